The minimum atomic E-state index is -3.60. The van der Waals surface area contributed by atoms with Crippen molar-refractivity contribution in [3.05, 3.63) is 65.2 Å². The number of hydrogen-bond acceptors (Lipinski definition) is 6. The van der Waals surface area contributed by atoms with E-state index in [0.29, 0.717) is 24.2 Å². The molecule has 0 radical (unpaired) electrons. The molecule has 0 saturated carbocycles. The van der Waals surface area contributed by atoms with Gasteiger partial charge in [0.05, 0.1) is 23.1 Å². The first-order valence-electron chi connectivity index (χ1n) is 8.86. The van der Waals surface area contributed by atoms with Gasteiger partial charge in [0.15, 0.2) is 0 Å². The molecule has 7 nitrogen and oxygen atoms in total. The predicted molar refractivity (Wildman–Crippen MR) is 101 cm³/mol. The van der Waals surface area contributed by atoms with E-state index in [1.165, 1.54) is 35.7 Å². The van der Waals surface area contributed by atoms with Gasteiger partial charge in [-0.05, 0) is 48.7 Å². The van der Waals surface area contributed by atoms with Crippen molar-refractivity contribution in [2.24, 2.45) is 0 Å². The average molecular weight is 403 g/mol. The van der Waals surface area contributed by atoms with E-state index in [2.05, 4.69) is 4.74 Å². The van der Waals surface area contributed by atoms with Gasteiger partial charge in [0.25, 0.3) is 0 Å². The first-order chi connectivity index (χ1) is 13.4. The Kier molecular flexibility index (Phi) is 6.11. The summed E-state index contributed by atoms with van der Waals surface area (Å²) in [6, 6.07) is 12.4. The summed E-state index contributed by atoms with van der Waals surface area (Å²) in [4.78, 5) is 23.8. The summed E-state index contributed by atoms with van der Waals surface area (Å²) >= 11 is 0. The summed E-state index contributed by atoms with van der Waals surface area (Å²) in [6.45, 7) is 1.00. The van der Waals surface area contributed by atoms with Crippen molar-refractivity contribution in [3.8, 4) is 0 Å². The number of nitrogens with zero attached hydrogens (tertiary/aromatic N) is 1. The fourth-order valence-electron chi connectivity index (χ4n) is 2.95. The van der Waals surface area contributed by atoms with Crippen LogP contribution in [0.5, 0.6) is 0 Å². The van der Waals surface area contributed by atoms with E-state index in [1.54, 1.807) is 24.3 Å². The average Bonchev–Trinajstić information content (AvgIpc) is 3.27. The fraction of sp³-hybridized carbons (Fsp3) is 0.300. The van der Waals surface area contributed by atoms with Gasteiger partial charge in [-0.2, -0.15) is 4.31 Å². The quantitative estimate of drug-likeness (QED) is 0.689. The molecule has 2 aromatic rings. The summed E-state index contributed by atoms with van der Waals surface area (Å²) in [7, 11) is -2.29. The third kappa shape index (κ3) is 4.40. The van der Waals surface area contributed by atoms with Crippen molar-refractivity contribution in [1.29, 1.82) is 0 Å². The Morgan fingerprint density at radius 3 is 2.29 bits per heavy atom. The fourth-order valence-corrected chi connectivity index (χ4v) is 4.51. The van der Waals surface area contributed by atoms with E-state index < -0.39 is 22.0 Å². The van der Waals surface area contributed by atoms with Crippen molar-refractivity contribution in [3.63, 3.8) is 0 Å². The van der Waals surface area contributed by atoms with E-state index in [0.717, 1.165) is 12.8 Å². The van der Waals surface area contributed by atoms with Crippen molar-refractivity contribution in [2.75, 3.05) is 20.2 Å². The summed E-state index contributed by atoms with van der Waals surface area (Å²) in [5, 5.41) is 0. The van der Waals surface area contributed by atoms with Gasteiger partial charge < -0.3 is 9.47 Å². The zero-order valence-electron chi connectivity index (χ0n) is 15.5. The molecule has 0 aliphatic carbocycles. The largest absolute Gasteiger partial charge is 0.465 e. The number of methoxy groups -OCH3 is 1. The molecule has 8 heteroatoms. The summed E-state index contributed by atoms with van der Waals surface area (Å²) in [6.07, 6.45) is 1.69. The van der Waals surface area contributed by atoms with Crippen LogP contribution in [-0.2, 0) is 26.1 Å². The Hall–Kier alpha value is -2.71. The van der Waals surface area contributed by atoms with E-state index in [-0.39, 0.29) is 17.1 Å². The minimum Gasteiger partial charge on any atom is -0.465 e. The van der Waals surface area contributed by atoms with Gasteiger partial charge in [0.2, 0.25) is 10.0 Å². The summed E-state index contributed by atoms with van der Waals surface area (Å²) < 4.78 is 36.6. The van der Waals surface area contributed by atoms with Crippen molar-refractivity contribution in [1.82, 2.24) is 4.31 Å². The second-order valence-corrected chi connectivity index (χ2v) is 8.34. The van der Waals surface area contributed by atoms with Gasteiger partial charge in [-0.25, -0.2) is 18.0 Å². The van der Waals surface area contributed by atoms with Crippen LogP contribution in [0.25, 0.3) is 0 Å². The number of carbonyl (C=O) groups excluding carboxylic acids is 2. The number of ether oxygens (including phenoxy) is 2. The van der Waals surface area contributed by atoms with Crippen molar-refractivity contribution >= 4 is 22.0 Å². The minimum absolute atomic E-state index is 0.00336. The number of sulfonamides is 1. The van der Waals surface area contributed by atoms with Gasteiger partial charge in [-0.1, -0.05) is 18.2 Å². The van der Waals surface area contributed by atoms with Crippen LogP contribution < -0.4 is 0 Å². The standard InChI is InChI=1S/C20H21NO6S/c1-26-19(22)16-9-7-15(8-10-16)14-27-20(23)17-5-4-6-18(13-17)28(24,25)21-11-2-3-12-21/h4-10,13H,2-3,11-12,14H2,1H3. The van der Waals surface area contributed by atoms with Gasteiger partial charge in [0.1, 0.15) is 6.61 Å². The maximum absolute atomic E-state index is 12.6. The molecule has 1 fully saturated rings. The molecule has 0 bridgehead atoms. The van der Waals surface area contributed by atoms with Gasteiger partial charge >= 0.3 is 11.9 Å². The molecule has 1 heterocycles. The number of carbonyl (C=O) groups is 2. The SMILES string of the molecule is COC(=O)c1ccc(COC(=O)c2cccc(S(=O)(=O)N3CCCC3)c2)cc1. The summed E-state index contributed by atoms with van der Waals surface area (Å²) in [5.41, 5.74) is 1.27. The highest BCUT2D eigenvalue weighted by Crippen LogP contribution is 2.22. The lowest BCUT2D eigenvalue weighted by molar-refractivity contribution is 0.0471. The van der Waals surface area contributed by atoms with E-state index in [9.17, 15) is 18.0 Å². The van der Waals surface area contributed by atoms with Crippen LogP contribution >= 0.6 is 0 Å². The predicted octanol–water partition coefficient (Wildman–Crippen LogP) is 2.61. The van der Waals surface area contributed by atoms with Crippen LogP contribution in [0.15, 0.2) is 53.4 Å². The molecular formula is C20H21NO6S. The number of benzene rings is 2. The molecular weight excluding hydrogens is 382 g/mol. The third-order valence-corrected chi connectivity index (χ3v) is 6.41. The van der Waals surface area contributed by atoms with Crippen LogP contribution in [0.2, 0.25) is 0 Å². The van der Waals surface area contributed by atoms with Crippen molar-refractivity contribution in [2.45, 2.75) is 24.3 Å². The molecule has 0 atom stereocenters. The topological polar surface area (TPSA) is 90.0 Å². The molecule has 0 spiro atoms. The molecule has 0 aromatic heterocycles. The van der Waals surface area contributed by atoms with E-state index in [4.69, 9.17) is 4.74 Å². The number of hydrogen-bond donors (Lipinski definition) is 0. The maximum atomic E-state index is 12.6. The number of rotatable bonds is 6. The monoisotopic (exact) mass is 403 g/mol. The van der Waals surface area contributed by atoms with Crippen LogP contribution in [-0.4, -0.2) is 44.9 Å². The van der Waals surface area contributed by atoms with Gasteiger partial charge in [-0.15, -0.1) is 0 Å². The molecule has 28 heavy (non-hydrogen) atoms. The lowest BCUT2D eigenvalue weighted by Gasteiger charge is -2.15. The molecule has 148 valence electrons. The summed E-state index contributed by atoms with van der Waals surface area (Å²) in [5.74, 6) is -1.06. The third-order valence-electron chi connectivity index (χ3n) is 4.52. The molecule has 0 unspecified atom stereocenters. The molecule has 1 saturated heterocycles. The molecule has 1 aliphatic heterocycles. The Morgan fingerprint density at radius 2 is 1.64 bits per heavy atom. The highest BCUT2D eigenvalue weighted by molar-refractivity contribution is 7.89. The van der Waals surface area contributed by atoms with Crippen LogP contribution in [0, 0.1) is 0 Å². The Morgan fingerprint density at radius 1 is 0.964 bits per heavy atom. The normalized spacial score (nSPS) is 14.6. The first-order valence-corrected chi connectivity index (χ1v) is 10.3. The highest BCUT2D eigenvalue weighted by Gasteiger charge is 2.27. The molecule has 0 amide bonds. The van der Waals surface area contributed by atoms with Gasteiger partial charge in [-0.3, -0.25) is 0 Å². The van der Waals surface area contributed by atoms with E-state index >= 15 is 0 Å². The Labute approximate surface area is 163 Å². The number of esters is 2. The Bertz CT molecular complexity index is 962. The van der Waals surface area contributed by atoms with Crippen molar-refractivity contribution < 1.29 is 27.5 Å². The second kappa shape index (κ2) is 8.53. The Balaban J connectivity index is 1.67. The molecule has 3 rings (SSSR count). The lowest BCUT2D eigenvalue weighted by atomic mass is 10.1. The van der Waals surface area contributed by atoms with Gasteiger partial charge in [0, 0.05) is 13.1 Å². The smallest absolute Gasteiger partial charge is 0.338 e. The molecule has 2 aromatic carbocycles. The van der Waals surface area contributed by atoms with Crippen LogP contribution in [0.1, 0.15) is 39.1 Å². The first kappa shape index (κ1) is 20.0. The zero-order valence-corrected chi connectivity index (χ0v) is 16.3. The van der Waals surface area contributed by atoms with Crippen LogP contribution in [0.3, 0.4) is 0 Å². The lowest BCUT2D eigenvalue weighted by Crippen LogP contribution is -2.28. The second-order valence-electron chi connectivity index (χ2n) is 6.40. The highest BCUT2D eigenvalue weighted by atomic mass is 32.2. The molecule has 1 aliphatic rings. The zero-order chi connectivity index (χ0) is 20.1. The van der Waals surface area contributed by atoms with Crippen LogP contribution in [0.4, 0.5) is 0 Å². The maximum Gasteiger partial charge on any atom is 0.338 e. The molecule has 0 N–H and O–H groups in total. The van der Waals surface area contributed by atoms with E-state index in [1.807, 2.05) is 0 Å².